The number of rotatable bonds is 1. The molecule has 0 unspecified atom stereocenters. The summed E-state index contributed by atoms with van der Waals surface area (Å²) in [4.78, 5) is 0. The summed E-state index contributed by atoms with van der Waals surface area (Å²) >= 11 is 24.4. The maximum Gasteiger partial charge on any atom is 0.0800 e. The van der Waals surface area contributed by atoms with Crippen molar-refractivity contribution >= 4 is 46.4 Å². The SMILES string of the molecule is Cc1c(Cl)c(Cl)c(Cl)c(Cl)c1-c1ccccc1. The molecule has 0 heterocycles. The van der Waals surface area contributed by atoms with E-state index in [1.807, 2.05) is 37.3 Å². The maximum atomic E-state index is 6.24. The number of hydrogen-bond donors (Lipinski definition) is 0. The molecular formula is C13H8Cl4. The third-order valence-electron chi connectivity index (χ3n) is 2.56. The predicted molar refractivity (Wildman–Crippen MR) is 76.7 cm³/mol. The molecule has 0 aliphatic heterocycles. The van der Waals surface area contributed by atoms with Crippen LogP contribution >= 0.6 is 46.4 Å². The Morgan fingerprint density at radius 1 is 0.706 bits per heavy atom. The lowest BCUT2D eigenvalue weighted by molar-refractivity contribution is 1.46. The van der Waals surface area contributed by atoms with Gasteiger partial charge in [-0.3, -0.25) is 0 Å². The Kier molecular flexibility index (Phi) is 3.89. The molecule has 2 aromatic rings. The van der Waals surface area contributed by atoms with Gasteiger partial charge in [-0.25, -0.2) is 0 Å². The van der Waals surface area contributed by atoms with Gasteiger partial charge in [-0.1, -0.05) is 76.7 Å². The van der Waals surface area contributed by atoms with E-state index in [1.165, 1.54) is 0 Å². The molecule has 17 heavy (non-hydrogen) atoms. The Balaban J connectivity index is 2.80. The Morgan fingerprint density at radius 3 is 1.82 bits per heavy atom. The predicted octanol–water partition coefficient (Wildman–Crippen LogP) is 6.28. The standard InChI is InChI=1S/C13H8Cl4/c1-7-9(8-5-3-2-4-6-8)11(15)13(17)12(16)10(7)14/h2-6H,1H3. The van der Waals surface area contributed by atoms with Crippen LogP contribution in [0.15, 0.2) is 30.3 Å². The van der Waals surface area contributed by atoms with Crippen LogP contribution in [0, 0.1) is 6.92 Å². The van der Waals surface area contributed by atoms with Crippen LogP contribution in [0.25, 0.3) is 11.1 Å². The molecular weight excluding hydrogens is 298 g/mol. The van der Waals surface area contributed by atoms with Crippen LogP contribution in [0.4, 0.5) is 0 Å². The second-order valence-electron chi connectivity index (χ2n) is 3.62. The molecule has 0 nitrogen and oxygen atoms in total. The first kappa shape index (κ1) is 13.0. The number of benzene rings is 2. The molecule has 2 rings (SSSR count). The van der Waals surface area contributed by atoms with Gasteiger partial charge in [0, 0.05) is 5.56 Å². The maximum absolute atomic E-state index is 6.24. The third-order valence-corrected chi connectivity index (χ3v) is 4.46. The zero-order valence-electron chi connectivity index (χ0n) is 8.90. The van der Waals surface area contributed by atoms with E-state index in [-0.39, 0.29) is 0 Å². The molecule has 0 spiro atoms. The van der Waals surface area contributed by atoms with Crippen molar-refractivity contribution in [2.75, 3.05) is 0 Å². The van der Waals surface area contributed by atoms with Crippen molar-refractivity contribution in [2.45, 2.75) is 6.92 Å². The van der Waals surface area contributed by atoms with Gasteiger partial charge < -0.3 is 0 Å². The highest BCUT2D eigenvalue weighted by Gasteiger charge is 2.18. The average Bonchev–Trinajstić information content (AvgIpc) is 2.36. The highest BCUT2D eigenvalue weighted by Crippen LogP contribution is 2.45. The molecule has 0 amide bonds. The van der Waals surface area contributed by atoms with Crippen molar-refractivity contribution in [1.82, 2.24) is 0 Å². The van der Waals surface area contributed by atoms with Crippen molar-refractivity contribution < 1.29 is 0 Å². The first-order valence-corrected chi connectivity index (χ1v) is 6.43. The summed E-state index contributed by atoms with van der Waals surface area (Å²) in [5, 5.41) is 1.47. The molecule has 88 valence electrons. The van der Waals surface area contributed by atoms with Gasteiger partial charge >= 0.3 is 0 Å². The van der Waals surface area contributed by atoms with E-state index in [0.717, 1.165) is 16.7 Å². The smallest absolute Gasteiger partial charge is 0.0800 e. The quantitative estimate of drug-likeness (QED) is 0.430. The second kappa shape index (κ2) is 5.07. The summed E-state index contributed by atoms with van der Waals surface area (Å²) in [5.41, 5.74) is 2.62. The van der Waals surface area contributed by atoms with Crippen molar-refractivity contribution in [3.63, 3.8) is 0 Å². The minimum atomic E-state index is 0.294. The van der Waals surface area contributed by atoms with Crippen molar-refractivity contribution in [3.8, 4) is 11.1 Å². The van der Waals surface area contributed by atoms with E-state index in [0.29, 0.717) is 20.1 Å². The van der Waals surface area contributed by atoms with Gasteiger partial charge in [-0.2, -0.15) is 0 Å². The molecule has 0 aliphatic carbocycles. The lowest BCUT2D eigenvalue weighted by Crippen LogP contribution is -1.89. The van der Waals surface area contributed by atoms with Crippen molar-refractivity contribution in [1.29, 1.82) is 0 Å². The molecule has 0 aliphatic rings. The van der Waals surface area contributed by atoms with Crippen LogP contribution in [0.5, 0.6) is 0 Å². The highest BCUT2D eigenvalue weighted by atomic mass is 35.5. The van der Waals surface area contributed by atoms with Crippen LogP contribution in [-0.4, -0.2) is 0 Å². The molecule has 0 N–H and O–H groups in total. The van der Waals surface area contributed by atoms with E-state index in [9.17, 15) is 0 Å². The Morgan fingerprint density at radius 2 is 1.24 bits per heavy atom. The fraction of sp³-hybridized carbons (Fsp3) is 0.0769. The van der Waals surface area contributed by atoms with Gasteiger partial charge in [0.05, 0.1) is 20.1 Å². The van der Waals surface area contributed by atoms with E-state index < -0.39 is 0 Å². The molecule has 4 heteroatoms. The minimum Gasteiger partial charge on any atom is -0.0823 e. The minimum absolute atomic E-state index is 0.294. The van der Waals surface area contributed by atoms with Crippen molar-refractivity contribution in [2.24, 2.45) is 0 Å². The monoisotopic (exact) mass is 304 g/mol. The summed E-state index contributed by atoms with van der Waals surface area (Å²) in [5.74, 6) is 0. The van der Waals surface area contributed by atoms with Gasteiger partial charge in [0.2, 0.25) is 0 Å². The van der Waals surface area contributed by atoms with Gasteiger partial charge in [0.15, 0.2) is 0 Å². The van der Waals surface area contributed by atoms with Crippen LogP contribution in [0.3, 0.4) is 0 Å². The molecule has 0 bridgehead atoms. The fourth-order valence-electron chi connectivity index (χ4n) is 1.69. The van der Waals surface area contributed by atoms with E-state index in [4.69, 9.17) is 46.4 Å². The third kappa shape index (κ3) is 2.28. The van der Waals surface area contributed by atoms with E-state index in [2.05, 4.69) is 0 Å². The summed E-state index contributed by atoms with van der Waals surface area (Å²) < 4.78 is 0. The summed E-state index contributed by atoms with van der Waals surface area (Å²) in [6.45, 7) is 1.87. The summed E-state index contributed by atoms with van der Waals surface area (Å²) in [6, 6.07) is 9.71. The van der Waals surface area contributed by atoms with Crippen LogP contribution in [-0.2, 0) is 0 Å². The number of hydrogen-bond acceptors (Lipinski definition) is 0. The molecule has 0 saturated carbocycles. The average molecular weight is 306 g/mol. The van der Waals surface area contributed by atoms with Crippen LogP contribution < -0.4 is 0 Å². The largest absolute Gasteiger partial charge is 0.0823 e. The zero-order chi connectivity index (χ0) is 12.6. The Bertz CT molecular complexity index is 532. The highest BCUT2D eigenvalue weighted by molar-refractivity contribution is 6.53. The summed E-state index contributed by atoms with van der Waals surface area (Å²) in [6.07, 6.45) is 0. The van der Waals surface area contributed by atoms with Gasteiger partial charge in [0.25, 0.3) is 0 Å². The molecule has 0 aromatic heterocycles. The Hall–Kier alpha value is -0.400. The van der Waals surface area contributed by atoms with Crippen LogP contribution in [0.2, 0.25) is 20.1 Å². The lowest BCUT2D eigenvalue weighted by Gasteiger charge is -2.13. The normalized spacial score (nSPS) is 10.6. The Labute approximate surface area is 120 Å². The topological polar surface area (TPSA) is 0 Å². The number of halogens is 4. The van der Waals surface area contributed by atoms with E-state index >= 15 is 0 Å². The van der Waals surface area contributed by atoms with Gasteiger partial charge in [-0.05, 0) is 18.1 Å². The second-order valence-corrected chi connectivity index (χ2v) is 5.13. The van der Waals surface area contributed by atoms with Gasteiger partial charge in [0.1, 0.15) is 0 Å². The lowest BCUT2D eigenvalue weighted by atomic mass is 10.0. The van der Waals surface area contributed by atoms with E-state index in [1.54, 1.807) is 0 Å². The molecule has 0 radical (unpaired) electrons. The van der Waals surface area contributed by atoms with Crippen molar-refractivity contribution in [3.05, 3.63) is 56.0 Å². The first-order chi connectivity index (χ1) is 8.04. The zero-order valence-corrected chi connectivity index (χ0v) is 11.9. The molecule has 0 fully saturated rings. The molecule has 0 atom stereocenters. The molecule has 0 saturated heterocycles. The van der Waals surface area contributed by atoms with Gasteiger partial charge in [-0.15, -0.1) is 0 Å². The summed E-state index contributed by atoms with van der Waals surface area (Å²) in [7, 11) is 0. The fourth-order valence-corrected chi connectivity index (χ4v) is 2.75. The molecule has 2 aromatic carbocycles. The first-order valence-electron chi connectivity index (χ1n) is 4.92. The van der Waals surface area contributed by atoms with Crippen LogP contribution in [0.1, 0.15) is 5.56 Å².